The van der Waals surface area contributed by atoms with E-state index in [0.29, 0.717) is 5.75 Å². The minimum atomic E-state index is 0.0477. The van der Waals surface area contributed by atoms with Gasteiger partial charge in [0.25, 0.3) is 0 Å². The molecule has 3 rings (SSSR count). The van der Waals surface area contributed by atoms with Crippen molar-refractivity contribution in [2.75, 3.05) is 17.8 Å². The highest BCUT2D eigenvalue weighted by atomic mass is 32.2. The molecular formula is C17H17NO2S. The van der Waals surface area contributed by atoms with E-state index in [1.54, 1.807) is 18.9 Å². The van der Waals surface area contributed by atoms with Gasteiger partial charge in [0.1, 0.15) is 11.1 Å². The van der Waals surface area contributed by atoms with Gasteiger partial charge in [0.05, 0.1) is 12.9 Å². The van der Waals surface area contributed by atoms with Crippen molar-refractivity contribution in [1.29, 1.82) is 0 Å². The number of anilines is 1. The number of carbonyl (C=O) groups excluding carboxylic acids is 1. The van der Waals surface area contributed by atoms with Crippen molar-refractivity contribution >= 4 is 23.4 Å². The Morgan fingerprint density at radius 1 is 1.10 bits per heavy atom. The normalized spacial score (nSPS) is 18.1. The predicted molar refractivity (Wildman–Crippen MR) is 86.9 cm³/mol. The van der Waals surface area contributed by atoms with Gasteiger partial charge in [-0.25, -0.2) is 0 Å². The summed E-state index contributed by atoms with van der Waals surface area (Å²) in [6, 6.07) is 16.0. The van der Waals surface area contributed by atoms with Crippen LogP contribution in [0.3, 0.4) is 0 Å². The van der Waals surface area contributed by atoms with Crippen LogP contribution in [-0.2, 0) is 4.79 Å². The molecule has 0 spiro atoms. The van der Waals surface area contributed by atoms with E-state index in [2.05, 4.69) is 31.2 Å². The summed E-state index contributed by atoms with van der Waals surface area (Å²) >= 11 is 1.67. The van der Waals surface area contributed by atoms with Crippen molar-refractivity contribution in [2.45, 2.75) is 12.3 Å². The van der Waals surface area contributed by atoms with E-state index in [4.69, 9.17) is 4.74 Å². The Hall–Kier alpha value is -1.94. The molecule has 1 amide bonds. The minimum absolute atomic E-state index is 0.0477. The van der Waals surface area contributed by atoms with Crippen LogP contribution in [0.15, 0.2) is 48.5 Å². The Balaban J connectivity index is 1.93. The van der Waals surface area contributed by atoms with Crippen LogP contribution in [0.4, 0.5) is 5.69 Å². The van der Waals surface area contributed by atoms with Crippen LogP contribution in [0.1, 0.15) is 16.5 Å². The number of hydrogen-bond donors (Lipinski definition) is 0. The van der Waals surface area contributed by atoms with Crippen molar-refractivity contribution in [2.24, 2.45) is 0 Å². The smallest absolute Gasteiger partial charge is 0.238 e. The molecule has 3 nitrogen and oxygen atoms in total. The molecule has 108 valence electrons. The SMILES string of the molecule is COc1ccc(N2C(=O)CSC2c2ccc(C)cc2)cc1. The van der Waals surface area contributed by atoms with Gasteiger partial charge < -0.3 is 4.74 Å². The molecule has 2 aromatic rings. The molecule has 1 aliphatic rings. The molecule has 1 saturated heterocycles. The summed E-state index contributed by atoms with van der Waals surface area (Å²) in [4.78, 5) is 14.1. The Bertz CT molecular complexity index is 637. The second-order valence-corrected chi connectivity index (χ2v) is 6.10. The average Bonchev–Trinajstić information content (AvgIpc) is 2.90. The second-order valence-electron chi connectivity index (χ2n) is 5.04. The van der Waals surface area contributed by atoms with Crippen molar-refractivity contribution in [1.82, 2.24) is 0 Å². The first-order chi connectivity index (χ1) is 10.2. The van der Waals surface area contributed by atoms with Crippen LogP contribution in [0.5, 0.6) is 5.75 Å². The quantitative estimate of drug-likeness (QED) is 0.864. The molecule has 0 saturated carbocycles. The lowest BCUT2D eigenvalue weighted by atomic mass is 10.1. The molecule has 1 aliphatic heterocycles. The fraction of sp³-hybridized carbons (Fsp3) is 0.235. The highest BCUT2D eigenvalue weighted by molar-refractivity contribution is 8.00. The highest BCUT2D eigenvalue weighted by Gasteiger charge is 2.33. The first-order valence-corrected chi connectivity index (χ1v) is 7.88. The molecule has 1 atom stereocenters. The summed E-state index contributed by atoms with van der Waals surface area (Å²) in [7, 11) is 1.64. The molecule has 1 unspecified atom stereocenters. The number of aryl methyl sites for hydroxylation is 1. The number of amides is 1. The zero-order valence-electron chi connectivity index (χ0n) is 12.1. The number of carbonyl (C=O) groups is 1. The molecule has 0 aliphatic carbocycles. The fourth-order valence-corrected chi connectivity index (χ4v) is 3.60. The molecular weight excluding hydrogens is 282 g/mol. The summed E-state index contributed by atoms with van der Waals surface area (Å²) in [5.41, 5.74) is 3.30. The molecule has 0 bridgehead atoms. The Kier molecular flexibility index (Phi) is 3.88. The van der Waals surface area contributed by atoms with Crippen LogP contribution in [0, 0.1) is 6.92 Å². The van der Waals surface area contributed by atoms with Gasteiger partial charge in [0, 0.05) is 5.69 Å². The van der Waals surface area contributed by atoms with Crippen molar-refractivity contribution < 1.29 is 9.53 Å². The maximum absolute atomic E-state index is 12.3. The zero-order valence-corrected chi connectivity index (χ0v) is 12.9. The van der Waals surface area contributed by atoms with E-state index in [1.807, 2.05) is 29.2 Å². The molecule has 1 heterocycles. The van der Waals surface area contributed by atoms with Crippen molar-refractivity contribution in [3.8, 4) is 5.75 Å². The largest absolute Gasteiger partial charge is 0.497 e. The number of nitrogens with zero attached hydrogens (tertiary/aromatic N) is 1. The summed E-state index contributed by atoms with van der Waals surface area (Å²) in [6.07, 6.45) is 0. The number of ether oxygens (including phenoxy) is 1. The van der Waals surface area contributed by atoms with E-state index < -0.39 is 0 Å². The zero-order chi connectivity index (χ0) is 14.8. The topological polar surface area (TPSA) is 29.5 Å². The summed E-state index contributed by atoms with van der Waals surface area (Å²) in [6.45, 7) is 2.07. The van der Waals surface area contributed by atoms with Gasteiger partial charge in [0.15, 0.2) is 0 Å². The van der Waals surface area contributed by atoms with Gasteiger partial charge in [-0.3, -0.25) is 9.69 Å². The number of benzene rings is 2. The molecule has 1 fully saturated rings. The Morgan fingerprint density at radius 3 is 2.38 bits per heavy atom. The van der Waals surface area contributed by atoms with E-state index in [9.17, 15) is 4.79 Å². The minimum Gasteiger partial charge on any atom is -0.497 e. The van der Waals surface area contributed by atoms with Gasteiger partial charge in [-0.1, -0.05) is 29.8 Å². The van der Waals surface area contributed by atoms with Gasteiger partial charge in [-0.15, -0.1) is 11.8 Å². The standard InChI is InChI=1S/C17H17NO2S/c1-12-3-5-13(6-4-12)17-18(16(19)11-21-17)14-7-9-15(20-2)10-8-14/h3-10,17H,11H2,1-2H3. The summed E-state index contributed by atoms with van der Waals surface area (Å²) in [5, 5.41) is 0.0477. The van der Waals surface area contributed by atoms with Crippen molar-refractivity contribution in [3.63, 3.8) is 0 Å². The first kappa shape index (κ1) is 14.0. The molecule has 0 N–H and O–H groups in total. The maximum atomic E-state index is 12.3. The Labute approximate surface area is 128 Å². The van der Waals surface area contributed by atoms with Crippen molar-refractivity contribution in [3.05, 3.63) is 59.7 Å². The third-order valence-corrected chi connectivity index (χ3v) is 4.79. The third kappa shape index (κ3) is 2.76. The molecule has 0 aromatic heterocycles. The third-order valence-electron chi connectivity index (χ3n) is 3.58. The lowest BCUT2D eigenvalue weighted by Crippen LogP contribution is -2.27. The fourth-order valence-electron chi connectivity index (χ4n) is 2.42. The van der Waals surface area contributed by atoms with Gasteiger partial charge >= 0.3 is 0 Å². The molecule has 0 radical (unpaired) electrons. The van der Waals surface area contributed by atoms with Crippen LogP contribution < -0.4 is 9.64 Å². The van der Waals surface area contributed by atoms with Gasteiger partial charge in [-0.05, 0) is 36.8 Å². The lowest BCUT2D eigenvalue weighted by molar-refractivity contribution is -0.115. The van der Waals surface area contributed by atoms with Gasteiger partial charge in [-0.2, -0.15) is 0 Å². The average molecular weight is 299 g/mol. The molecule has 4 heteroatoms. The lowest BCUT2D eigenvalue weighted by Gasteiger charge is -2.24. The number of methoxy groups -OCH3 is 1. The monoisotopic (exact) mass is 299 g/mol. The number of hydrogen-bond acceptors (Lipinski definition) is 3. The van der Waals surface area contributed by atoms with Crippen LogP contribution in [-0.4, -0.2) is 18.8 Å². The molecule has 2 aromatic carbocycles. The second kappa shape index (κ2) is 5.82. The molecule has 21 heavy (non-hydrogen) atoms. The van der Waals surface area contributed by atoms with Gasteiger partial charge in [0.2, 0.25) is 5.91 Å². The number of rotatable bonds is 3. The van der Waals surface area contributed by atoms with E-state index in [0.717, 1.165) is 17.0 Å². The van der Waals surface area contributed by atoms with E-state index >= 15 is 0 Å². The summed E-state index contributed by atoms with van der Waals surface area (Å²) in [5.74, 6) is 1.46. The van der Waals surface area contributed by atoms with Crippen LogP contribution >= 0.6 is 11.8 Å². The summed E-state index contributed by atoms with van der Waals surface area (Å²) < 4.78 is 5.17. The van der Waals surface area contributed by atoms with E-state index in [1.165, 1.54) is 5.56 Å². The van der Waals surface area contributed by atoms with Crippen LogP contribution in [0.25, 0.3) is 0 Å². The van der Waals surface area contributed by atoms with Crippen LogP contribution in [0.2, 0.25) is 0 Å². The maximum Gasteiger partial charge on any atom is 0.238 e. The highest BCUT2D eigenvalue weighted by Crippen LogP contribution is 2.41. The predicted octanol–water partition coefficient (Wildman–Crippen LogP) is 3.78. The Morgan fingerprint density at radius 2 is 1.76 bits per heavy atom. The number of thioether (sulfide) groups is 1. The first-order valence-electron chi connectivity index (χ1n) is 6.83. The van der Waals surface area contributed by atoms with E-state index in [-0.39, 0.29) is 11.3 Å².